The van der Waals surface area contributed by atoms with E-state index in [1.165, 1.54) is 0 Å². The number of nitrogens with two attached hydrogens (primary N) is 1. The number of aliphatic hydroxyl groups is 1. The van der Waals surface area contributed by atoms with Gasteiger partial charge in [0.25, 0.3) is 0 Å². The van der Waals surface area contributed by atoms with E-state index in [0.29, 0.717) is 0 Å². The summed E-state index contributed by atoms with van der Waals surface area (Å²) in [7, 11) is 0. The van der Waals surface area contributed by atoms with E-state index in [1.54, 1.807) is 0 Å². The molecule has 5 atom stereocenters. The number of carbonyl (C=O) groups is 2. The highest BCUT2D eigenvalue weighted by molar-refractivity contribution is 5.90. The van der Waals surface area contributed by atoms with Crippen LogP contribution < -0.4 is 5.73 Å². The molecule has 0 aliphatic heterocycles. The number of aliphatic hydroxyl groups excluding tert-OH is 1. The van der Waals surface area contributed by atoms with Gasteiger partial charge in [-0.15, -0.1) is 0 Å². The lowest BCUT2D eigenvalue weighted by atomic mass is 9.90. The van der Waals surface area contributed by atoms with Crippen molar-refractivity contribution in [3.8, 4) is 0 Å². The summed E-state index contributed by atoms with van der Waals surface area (Å²) >= 11 is 0. The van der Waals surface area contributed by atoms with Crippen LogP contribution in [-0.4, -0.2) is 44.6 Å². The predicted octanol–water partition coefficient (Wildman–Crippen LogP) is -1.43. The standard InChI is InChI=1S/C8H10FNO5/c9-8(6(14)15)3-2(11)1-7(10,4(3)8)5(12)13/h2-4,11H,1,10H2,(H,12,13)(H,14,15)/t2-,3-,4-,7+,8-/m1/s1. The molecule has 84 valence electrons. The maximum atomic E-state index is 13.7. The largest absolute Gasteiger partial charge is 0.480 e. The van der Waals surface area contributed by atoms with Gasteiger partial charge in [-0.2, -0.15) is 0 Å². The van der Waals surface area contributed by atoms with Gasteiger partial charge in [0.15, 0.2) is 0 Å². The van der Waals surface area contributed by atoms with Gasteiger partial charge in [0.2, 0.25) is 5.67 Å². The minimum atomic E-state index is -2.69. The van der Waals surface area contributed by atoms with Gasteiger partial charge in [-0.25, -0.2) is 9.18 Å². The van der Waals surface area contributed by atoms with Gasteiger partial charge in [-0.05, 0) is 0 Å². The minimum absolute atomic E-state index is 0.309. The second-order valence-corrected chi connectivity index (χ2v) is 4.19. The summed E-state index contributed by atoms with van der Waals surface area (Å²) in [6.07, 6.45) is -1.62. The van der Waals surface area contributed by atoms with E-state index >= 15 is 0 Å². The van der Waals surface area contributed by atoms with Crippen LogP contribution in [0.3, 0.4) is 0 Å². The number of rotatable bonds is 2. The second kappa shape index (κ2) is 2.48. The molecule has 0 aromatic rings. The normalized spacial score (nSPS) is 52.3. The van der Waals surface area contributed by atoms with Crippen LogP contribution in [0.5, 0.6) is 0 Å². The number of halogens is 1. The van der Waals surface area contributed by atoms with E-state index in [4.69, 9.17) is 15.9 Å². The Hall–Kier alpha value is -1.21. The lowest BCUT2D eigenvalue weighted by molar-refractivity contribution is -0.151. The fourth-order valence-corrected chi connectivity index (χ4v) is 2.68. The molecule has 0 aromatic heterocycles. The average Bonchev–Trinajstić information content (AvgIpc) is 2.63. The van der Waals surface area contributed by atoms with Crippen LogP contribution in [-0.2, 0) is 9.59 Å². The molecule has 7 heteroatoms. The fraction of sp³-hybridized carbons (Fsp3) is 0.750. The zero-order valence-electron chi connectivity index (χ0n) is 7.55. The summed E-state index contributed by atoms with van der Waals surface area (Å²) in [4.78, 5) is 21.4. The monoisotopic (exact) mass is 219 g/mol. The maximum absolute atomic E-state index is 13.7. The van der Waals surface area contributed by atoms with Crippen LogP contribution in [0.1, 0.15) is 6.42 Å². The molecule has 2 aliphatic rings. The van der Waals surface area contributed by atoms with Gasteiger partial charge in [0.1, 0.15) is 5.54 Å². The molecule has 0 unspecified atom stereocenters. The Bertz CT molecular complexity index is 361. The number of carboxylic acids is 2. The summed E-state index contributed by atoms with van der Waals surface area (Å²) in [6, 6.07) is 0. The quantitative estimate of drug-likeness (QED) is 0.452. The van der Waals surface area contributed by atoms with Crippen LogP contribution in [0.2, 0.25) is 0 Å². The first-order valence-electron chi connectivity index (χ1n) is 4.39. The summed E-state index contributed by atoms with van der Waals surface area (Å²) in [5, 5.41) is 26.8. The smallest absolute Gasteiger partial charge is 0.342 e. The molecule has 2 fully saturated rings. The van der Waals surface area contributed by atoms with Gasteiger partial charge in [-0.3, -0.25) is 4.79 Å². The molecule has 0 radical (unpaired) electrons. The number of carboxylic acid groups (broad SMARTS) is 2. The highest BCUT2D eigenvalue weighted by atomic mass is 19.1. The van der Waals surface area contributed by atoms with E-state index < -0.39 is 41.1 Å². The summed E-state index contributed by atoms with van der Waals surface area (Å²) in [5.74, 6) is -5.77. The van der Waals surface area contributed by atoms with Crippen molar-refractivity contribution in [2.45, 2.75) is 23.7 Å². The molecule has 0 amide bonds. The lowest BCUT2D eigenvalue weighted by Crippen LogP contribution is -2.53. The lowest BCUT2D eigenvalue weighted by Gasteiger charge is -2.24. The molecule has 2 saturated carbocycles. The number of hydrogen-bond acceptors (Lipinski definition) is 4. The van der Waals surface area contributed by atoms with Crippen molar-refractivity contribution >= 4 is 11.9 Å². The molecule has 5 N–H and O–H groups in total. The molecular formula is C8H10FNO5. The third-order valence-corrected chi connectivity index (χ3v) is 3.43. The SMILES string of the molecule is N[C@@]1(C(=O)O)C[C@@H](O)[C@@H]2[C@H]1[C@@]2(F)C(=O)O. The summed E-state index contributed by atoms with van der Waals surface area (Å²) in [5.41, 5.74) is 0.763. The van der Waals surface area contributed by atoms with Crippen molar-refractivity contribution in [3.05, 3.63) is 0 Å². The minimum Gasteiger partial charge on any atom is -0.480 e. The first-order chi connectivity index (χ1) is 6.76. The zero-order chi connectivity index (χ0) is 11.6. The number of hydrogen-bond donors (Lipinski definition) is 4. The average molecular weight is 219 g/mol. The molecule has 2 aliphatic carbocycles. The Labute approximate surface area is 83.5 Å². The Morgan fingerprint density at radius 3 is 2.20 bits per heavy atom. The van der Waals surface area contributed by atoms with E-state index in [-0.39, 0.29) is 6.42 Å². The van der Waals surface area contributed by atoms with Crippen molar-refractivity contribution in [1.82, 2.24) is 0 Å². The first kappa shape index (κ1) is 10.3. The van der Waals surface area contributed by atoms with E-state index in [2.05, 4.69) is 0 Å². The van der Waals surface area contributed by atoms with Gasteiger partial charge in [0, 0.05) is 18.3 Å². The van der Waals surface area contributed by atoms with E-state index in [1.807, 2.05) is 0 Å². The topological polar surface area (TPSA) is 121 Å². The van der Waals surface area contributed by atoms with Crippen LogP contribution in [0, 0.1) is 11.8 Å². The summed E-state index contributed by atoms with van der Waals surface area (Å²) in [6.45, 7) is 0. The molecule has 2 rings (SSSR count). The maximum Gasteiger partial charge on any atom is 0.342 e. The van der Waals surface area contributed by atoms with Gasteiger partial charge < -0.3 is 21.1 Å². The highest BCUT2D eigenvalue weighted by Crippen LogP contribution is 2.66. The molecule has 0 spiro atoms. The van der Waals surface area contributed by atoms with Crippen molar-refractivity contribution in [3.63, 3.8) is 0 Å². The molecule has 0 saturated heterocycles. The number of alkyl halides is 1. The predicted molar refractivity (Wildman–Crippen MR) is 43.6 cm³/mol. The third-order valence-electron chi connectivity index (χ3n) is 3.43. The first-order valence-corrected chi connectivity index (χ1v) is 4.39. The zero-order valence-corrected chi connectivity index (χ0v) is 7.55. The Balaban J connectivity index is 2.37. The molecule has 15 heavy (non-hydrogen) atoms. The van der Waals surface area contributed by atoms with Crippen LogP contribution in [0.15, 0.2) is 0 Å². The third kappa shape index (κ3) is 0.941. The van der Waals surface area contributed by atoms with Crippen molar-refractivity contribution in [1.29, 1.82) is 0 Å². The van der Waals surface area contributed by atoms with Crippen LogP contribution >= 0.6 is 0 Å². The molecule has 0 heterocycles. The van der Waals surface area contributed by atoms with Crippen molar-refractivity contribution < 1.29 is 29.3 Å². The highest BCUT2D eigenvalue weighted by Gasteiger charge is 2.85. The fourth-order valence-electron chi connectivity index (χ4n) is 2.68. The number of fused-ring (bicyclic) bond motifs is 1. The van der Waals surface area contributed by atoms with Crippen LogP contribution in [0.4, 0.5) is 4.39 Å². The molecular weight excluding hydrogens is 209 g/mol. The molecule has 0 bridgehead atoms. The van der Waals surface area contributed by atoms with E-state index in [0.717, 1.165) is 0 Å². The molecule has 0 aromatic carbocycles. The Morgan fingerprint density at radius 1 is 1.33 bits per heavy atom. The molecule has 6 nitrogen and oxygen atoms in total. The van der Waals surface area contributed by atoms with Crippen LogP contribution in [0.25, 0.3) is 0 Å². The van der Waals surface area contributed by atoms with Gasteiger partial charge in [0.05, 0.1) is 6.10 Å². The van der Waals surface area contributed by atoms with Crippen molar-refractivity contribution in [2.75, 3.05) is 0 Å². The van der Waals surface area contributed by atoms with E-state index in [9.17, 15) is 19.1 Å². The Kier molecular flexibility index (Phi) is 1.70. The Morgan fingerprint density at radius 2 is 1.87 bits per heavy atom. The van der Waals surface area contributed by atoms with Gasteiger partial charge >= 0.3 is 11.9 Å². The van der Waals surface area contributed by atoms with Crippen molar-refractivity contribution in [2.24, 2.45) is 17.6 Å². The number of aliphatic carboxylic acids is 2. The second-order valence-electron chi connectivity index (χ2n) is 4.19. The summed E-state index contributed by atoms with van der Waals surface area (Å²) < 4.78 is 13.7. The van der Waals surface area contributed by atoms with Gasteiger partial charge in [-0.1, -0.05) is 0 Å².